The number of nitrogens with one attached hydrogen (secondary N) is 1. The summed E-state index contributed by atoms with van der Waals surface area (Å²) in [7, 11) is 0. The molecule has 0 radical (unpaired) electrons. The number of amides is 1. The molecular weight excluding hydrogens is 214 g/mol. The Bertz CT molecular complexity index is 339. The zero-order valence-corrected chi connectivity index (χ0v) is 10.6. The van der Waals surface area contributed by atoms with Crippen LogP contribution in [0.5, 0.6) is 0 Å². The van der Waals surface area contributed by atoms with Gasteiger partial charge in [0.15, 0.2) is 0 Å². The molecule has 1 rings (SSSR count). The molecule has 0 saturated carbocycles. The normalized spacial score (nSPS) is 11.2. The first-order valence-corrected chi connectivity index (χ1v) is 6.05. The first-order valence-electron chi connectivity index (χ1n) is 6.05. The molecule has 0 fully saturated rings. The number of hydrogen-bond donors (Lipinski definition) is 2. The molecule has 3 N–H and O–H groups in total. The number of rotatable bonds is 6. The van der Waals surface area contributed by atoms with E-state index in [9.17, 15) is 4.79 Å². The van der Waals surface area contributed by atoms with Crippen LogP contribution in [0.15, 0.2) is 24.5 Å². The lowest BCUT2D eigenvalue weighted by molar-refractivity contribution is 0.0928. The van der Waals surface area contributed by atoms with Gasteiger partial charge in [0, 0.05) is 24.5 Å². The maximum atomic E-state index is 11.9. The average molecular weight is 235 g/mol. The molecule has 94 valence electrons. The van der Waals surface area contributed by atoms with Crippen LogP contribution in [0.3, 0.4) is 0 Å². The summed E-state index contributed by atoms with van der Waals surface area (Å²) in [6.45, 7) is 5.43. The molecule has 0 saturated heterocycles. The summed E-state index contributed by atoms with van der Waals surface area (Å²) in [5.41, 5.74) is 6.45. The molecule has 4 nitrogen and oxygen atoms in total. The van der Waals surface area contributed by atoms with Crippen molar-refractivity contribution in [3.8, 4) is 0 Å². The van der Waals surface area contributed by atoms with Crippen molar-refractivity contribution in [1.82, 2.24) is 10.3 Å². The van der Waals surface area contributed by atoms with Gasteiger partial charge in [0.25, 0.3) is 5.91 Å². The maximum absolute atomic E-state index is 11.9. The van der Waals surface area contributed by atoms with Crippen molar-refractivity contribution in [2.75, 3.05) is 13.1 Å². The standard InChI is InChI=1S/C13H21N3O/c1-3-13(4-2,9-14)10-16-12(17)11-5-7-15-8-6-11/h5-8H,3-4,9-10,14H2,1-2H3,(H,16,17). The van der Waals surface area contributed by atoms with Gasteiger partial charge in [-0.1, -0.05) is 13.8 Å². The minimum atomic E-state index is -0.0628. The molecule has 0 aliphatic rings. The van der Waals surface area contributed by atoms with Gasteiger partial charge in [-0.15, -0.1) is 0 Å². The monoisotopic (exact) mass is 235 g/mol. The van der Waals surface area contributed by atoms with Gasteiger partial charge in [-0.2, -0.15) is 0 Å². The Kier molecular flexibility index (Phi) is 5.10. The molecular formula is C13H21N3O. The lowest BCUT2D eigenvalue weighted by atomic mass is 9.82. The van der Waals surface area contributed by atoms with Crippen LogP contribution in [0.4, 0.5) is 0 Å². The average Bonchev–Trinajstić information content (AvgIpc) is 2.41. The van der Waals surface area contributed by atoms with E-state index in [2.05, 4.69) is 24.1 Å². The number of pyridine rings is 1. The topological polar surface area (TPSA) is 68.0 Å². The third-order valence-corrected chi connectivity index (χ3v) is 3.50. The Balaban J connectivity index is 2.59. The van der Waals surface area contributed by atoms with Crippen molar-refractivity contribution in [3.05, 3.63) is 30.1 Å². The predicted octanol–water partition coefficient (Wildman–Crippen LogP) is 1.58. The van der Waals surface area contributed by atoms with E-state index in [1.54, 1.807) is 24.5 Å². The van der Waals surface area contributed by atoms with Crippen LogP contribution < -0.4 is 11.1 Å². The summed E-state index contributed by atoms with van der Waals surface area (Å²) >= 11 is 0. The molecule has 0 aliphatic heterocycles. The molecule has 1 aromatic heterocycles. The van der Waals surface area contributed by atoms with E-state index in [1.807, 2.05) is 0 Å². The van der Waals surface area contributed by atoms with Gasteiger partial charge in [0.2, 0.25) is 0 Å². The second-order valence-electron chi connectivity index (χ2n) is 4.33. The van der Waals surface area contributed by atoms with Gasteiger partial charge in [-0.05, 0) is 36.9 Å². The van der Waals surface area contributed by atoms with E-state index in [4.69, 9.17) is 5.73 Å². The van der Waals surface area contributed by atoms with E-state index >= 15 is 0 Å². The van der Waals surface area contributed by atoms with Crippen LogP contribution in [0, 0.1) is 5.41 Å². The summed E-state index contributed by atoms with van der Waals surface area (Å²) in [4.78, 5) is 15.7. The minimum Gasteiger partial charge on any atom is -0.351 e. The van der Waals surface area contributed by atoms with E-state index in [1.165, 1.54) is 0 Å². The van der Waals surface area contributed by atoms with E-state index in [-0.39, 0.29) is 11.3 Å². The number of nitrogens with two attached hydrogens (primary N) is 1. The number of nitrogens with zero attached hydrogens (tertiary/aromatic N) is 1. The highest BCUT2D eigenvalue weighted by molar-refractivity contribution is 5.93. The van der Waals surface area contributed by atoms with Crippen LogP contribution in [-0.2, 0) is 0 Å². The molecule has 0 bridgehead atoms. The molecule has 1 heterocycles. The zero-order valence-electron chi connectivity index (χ0n) is 10.6. The van der Waals surface area contributed by atoms with Gasteiger partial charge in [-0.3, -0.25) is 9.78 Å². The van der Waals surface area contributed by atoms with E-state index in [0.29, 0.717) is 18.7 Å². The van der Waals surface area contributed by atoms with Crippen LogP contribution in [0.1, 0.15) is 37.0 Å². The van der Waals surface area contributed by atoms with Crippen molar-refractivity contribution in [3.63, 3.8) is 0 Å². The van der Waals surface area contributed by atoms with Gasteiger partial charge < -0.3 is 11.1 Å². The fourth-order valence-electron chi connectivity index (χ4n) is 1.73. The molecule has 0 aliphatic carbocycles. The third kappa shape index (κ3) is 3.53. The Labute approximate surface area is 103 Å². The Hall–Kier alpha value is -1.42. The smallest absolute Gasteiger partial charge is 0.251 e. The number of carbonyl (C=O) groups is 1. The molecule has 0 spiro atoms. The Morgan fingerprint density at radius 1 is 1.35 bits per heavy atom. The zero-order chi connectivity index (χ0) is 12.7. The second kappa shape index (κ2) is 6.35. The number of hydrogen-bond acceptors (Lipinski definition) is 3. The van der Waals surface area contributed by atoms with Crippen molar-refractivity contribution in [2.45, 2.75) is 26.7 Å². The van der Waals surface area contributed by atoms with Crippen LogP contribution in [0.25, 0.3) is 0 Å². The van der Waals surface area contributed by atoms with Gasteiger partial charge >= 0.3 is 0 Å². The fourth-order valence-corrected chi connectivity index (χ4v) is 1.73. The van der Waals surface area contributed by atoms with Crippen molar-refractivity contribution in [1.29, 1.82) is 0 Å². The van der Waals surface area contributed by atoms with Crippen molar-refractivity contribution in [2.24, 2.45) is 11.1 Å². The minimum absolute atomic E-state index is 0.0166. The predicted molar refractivity (Wildman–Crippen MR) is 68.6 cm³/mol. The Morgan fingerprint density at radius 3 is 2.41 bits per heavy atom. The van der Waals surface area contributed by atoms with Gasteiger partial charge in [0.1, 0.15) is 0 Å². The highest BCUT2D eigenvalue weighted by atomic mass is 16.1. The largest absolute Gasteiger partial charge is 0.351 e. The highest BCUT2D eigenvalue weighted by Crippen LogP contribution is 2.23. The number of carbonyl (C=O) groups excluding carboxylic acids is 1. The molecule has 1 amide bonds. The van der Waals surface area contributed by atoms with Gasteiger partial charge in [0.05, 0.1) is 0 Å². The maximum Gasteiger partial charge on any atom is 0.251 e. The molecule has 17 heavy (non-hydrogen) atoms. The number of aromatic nitrogens is 1. The quantitative estimate of drug-likeness (QED) is 0.786. The highest BCUT2D eigenvalue weighted by Gasteiger charge is 2.24. The molecule has 4 heteroatoms. The third-order valence-electron chi connectivity index (χ3n) is 3.50. The fraction of sp³-hybridized carbons (Fsp3) is 0.538. The Morgan fingerprint density at radius 2 is 1.94 bits per heavy atom. The van der Waals surface area contributed by atoms with Crippen LogP contribution >= 0.6 is 0 Å². The SMILES string of the molecule is CCC(CC)(CN)CNC(=O)c1ccncc1. The van der Waals surface area contributed by atoms with Crippen LogP contribution in [-0.4, -0.2) is 24.0 Å². The van der Waals surface area contributed by atoms with Crippen molar-refractivity contribution >= 4 is 5.91 Å². The van der Waals surface area contributed by atoms with Crippen LogP contribution in [0.2, 0.25) is 0 Å². The molecule has 0 unspecified atom stereocenters. The summed E-state index contributed by atoms with van der Waals surface area (Å²) in [5.74, 6) is -0.0628. The summed E-state index contributed by atoms with van der Waals surface area (Å²) < 4.78 is 0. The molecule has 0 aromatic carbocycles. The lowest BCUT2D eigenvalue weighted by Crippen LogP contribution is -2.41. The van der Waals surface area contributed by atoms with Crippen molar-refractivity contribution < 1.29 is 4.79 Å². The first-order chi connectivity index (χ1) is 8.17. The van der Waals surface area contributed by atoms with E-state index < -0.39 is 0 Å². The summed E-state index contributed by atoms with van der Waals surface area (Å²) in [6.07, 6.45) is 5.17. The van der Waals surface area contributed by atoms with E-state index in [0.717, 1.165) is 12.8 Å². The lowest BCUT2D eigenvalue weighted by Gasteiger charge is -2.30. The second-order valence-corrected chi connectivity index (χ2v) is 4.33. The molecule has 0 atom stereocenters. The summed E-state index contributed by atoms with van der Waals surface area (Å²) in [5, 5.41) is 2.95. The van der Waals surface area contributed by atoms with Gasteiger partial charge in [-0.25, -0.2) is 0 Å². The summed E-state index contributed by atoms with van der Waals surface area (Å²) in [6, 6.07) is 3.41. The first kappa shape index (κ1) is 13.6. The molecule has 1 aromatic rings.